The first-order valence-electron chi connectivity index (χ1n) is 4.48. The van der Waals surface area contributed by atoms with Gasteiger partial charge in [-0.25, -0.2) is 4.99 Å². The average molecular weight is 292 g/mol. The summed E-state index contributed by atoms with van der Waals surface area (Å²) in [6.07, 6.45) is 0. The third-order valence-corrected chi connectivity index (χ3v) is 3.32. The van der Waals surface area contributed by atoms with Gasteiger partial charge in [0.25, 0.3) is 0 Å². The highest BCUT2D eigenvalue weighted by atomic mass is 79.9. The maximum atomic E-state index is 5.65. The Hall–Kier alpha value is -0.590. The molecule has 15 heavy (non-hydrogen) atoms. The van der Waals surface area contributed by atoms with Crippen molar-refractivity contribution in [1.29, 1.82) is 0 Å². The maximum absolute atomic E-state index is 5.65. The molecule has 1 aromatic rings. The van der Waals surface area contributed by atoms with E-state index in [0.717, 1.165) is 4.47 Å². The molecule has 0 atom stereocenters. The zero-order chi connectivity index (χ0) is 11.1. The quantitative estimate of drug-likeness (QED) is 0.492. The summed E-state index contributed by atoms with van der Waals surface area (Å²) in [6.45, 7) is 1.92. The third-order valence-electron chi connectivity index (χ3n) is 1.64. The molecule has 0 saturated carbocycles. The second kappa shape index (κ2) is 6.81. The van der Waals surface area contributed by atoms with Crippen LogP contribution < -0.4 is 11.1 Å². The number of rotatable bonds is 5. The number of nitrogens with one attached hydrogen (secondary N) is 1. The van der Waals surface area contributed by atoms with E-state index in [4.69, 9.17) is 10.5 Å². The highest BCUT2D eigenvalue weighted by Crippen LogP contribution is 2.20. The summed E-state index contributed by atoms with van der Waals surface area (Å²) >= 11 is 5.05. The van der Waals surface area contributed by atoms with Crippen LogP contribution in [0.2, 0.25) is 0 Å². The molecule has 0 radical (unpaired) electrons. The first-order valence-corrected chi connectivity index (χ1v) is 6.15. The van der Waals surface area contributed by atoms with Gasteiger partial charge in [0.2, 0.25) is 0 Å². The Bertz CT molecular complexity index is 327. The lowest BCUT2D eigenvalue weighted by molar-refractivity contribution is 0.204. The van der Waals surface area contributed by atoms with Crippen molar-refractivity contribution in [1.82, 2.24) is 5.32 Å². The van der Waals surface area contributed by atoms with Crippen LogP contribution in [0.5, 0.6) is 0 Å². The van der Waals surface area contributed by atoms with Crippen molar-refractivity contribution in [2.75, 3.05) is 20.3 Å². The van der Waals surface area contributed by atoms with Gasteiger partial charge in [0.1, 0.15) is 0 Å². The fourth-order valence-corrected chi connectivity index (χ4v) is 2.31. The summed E-state index contributed by atoms with van der Waals surface area (Å²) < 4.78 is 5.97. The molecule has 0 unspecified atom stereocenters. The van der Waals surface area contributed by atoms with E-state index in [-0.39, 0.29) is 0 Å². The van der Waals surface area contributed by atoms with Gasteiger partial charge >= 0.3 is 0 Å². The molecule has 0 aliphatic carbocycles. The van der Waals surface area contributed by atoms with E-state index in [2.05, 4.69) is 26.2 Å². The molecule has 0 aliphatic rings. The zero-order valence-electron chi connectivity index (χ0n) is 8.50. The minimum atomic E-state index is 0.455. The minimum Gasteiger partial charge on any atom is -0.383 e. The number of nitrogens with zero attached hydrogens (tertiary/aromatic N) is 1. The van der Waals surface area contributed by atoms with E-state index in [0.29, 0.717) is 25.7 Å². The van der Waals surface area contributed by atoms with Crippen LogP contribution in [-0.2, 0) is 11.3 Å². The number of hydrogen-bond donors (Lipinski definition) is 2. The highest BCUT2D eigenvalue weighted by molar-refractivity contribution is 9.10. The second-order valence-electron chi connectivity index (χ2n) is 2.85. The molecule has 0 saturated heterocycles. The summed E-state index contributed by atoms with van der Waals surface area (Å²) in [4.78, 5) is 5.38. The SMILES string of the molecule is COCCNC(N)=NCc1cc(Br)cs1. The van der Waals surface area contributed by atoms with Gasteiger partial charge < -0.3 is 15.8 Å². The first kappa shape index (κ1) is 12.5. The van der Waals surface area contributed by atoms with Gasteiger partial charge in [-0.1, -0.05) is 0 Å². The fourth-order valence-electron chi connectivity index (χ4n) is 0.937. The van der Waals surface area contributed by atoms with Gasteiger partial charge in [-0.05, 0) is 22.0 Å². The van der Waals surface area contributed by atoms with Crippen LogP contribution in [0.15, 0.2) is 20.9 Å². The van der Waals surface area contributed by atoms with Gasteiger partial charge in [0, 0.05) is 28.4 Å². The number of aliphatic imine (C=N–C) groups is 1. The van der Waals surface area contributed by atoms with Gasteiger partial charge in [0.05, 0.1) is 13.2 Å². The number of hydrogen-bond acceptors (Lipinski definition) is 3. The number of methoxy groups -OCH3 is 1. The molecule has 0 bridgehead atoms. The number of thiophene rings is 1. The topological polar surface area (TPSA) is 59.6 Å². The predicted octanol–water partition coefficient (Wildman–Crippen LogP) is 1.56. The third kappa shape index (κ3) is 5.15. The summed E-state index contributed by atoms with van der Waals surface area (Å²) in [5.41, 5.74) is 5.65. The summed E-state index contributed by atoms with van der Waals surface area (Å²) in [7, 11) is 1.65. The van der Waals surface area contributed by atoms with Crippen LogP contribution in [0.1, 0.15) is 4.88 Å². The molecule has 0 spiro atoms. The first-order chi connectivity index (χ1) is 7.22. The van der Waals surface area contributed by atoms with Gasteiger partial charge in [0.15, 0.2) is 5.96 Å². The standard InChI is InChI=1S/C9H14BrN3OS/c1-14-3-2-12-9(11)13-5-8-4-7(10)6-15-8/h4,6H,2-3,5H2,1H3,(H3,11,12,13). The van der Waals surface area contributed by atoms with E-state index in [9.17, 15) is 0 Å². The molecule has 0 aromatic carbocycles. The number of guanidine groups is 1. The fraction of sp³-hybridized carbons (Fsp3) is 0.444. The molecule has 84 valence electrons. The highest BCUT2D eigenvalue weighted by Gasteiger charge is 1.96. The smallest absolute Gasteiger partial charge is 0.189 e. The molecular weight excluding hydrogens is 278 g/mol. The van der Waals surface area contributed by atoms with Crippen molar-refractivity contribution < 1.29 is 4.74 Å². The van der Waals surface area contributed by atoms with Crippen LogP contribution in [0.3, 0.4) is 0 Å². The minimum absolute atomic E-state index is 0.455. The van der Waals surface area contributed by atoms with Crippen molar-refractivity contribution >= 4 is 33.2 Å². The average Bonchev–Trinajstić information content (AvgIpc) is 2.62. The molecule has 1 aromatic heterocycles. The molecule has 0 amide bonds. The number of halogens is 1. The van der Waals surface area contributed by atoms with Gasteiger partial charge in [-0.3, -0.25) is 0 Å². The van der Waals surface area contributed by atoms with Crippen LogP contribution in [0.4, 0.5) is 0 Å². The van der Waals surface area contributed by atoms with Crippen LogP contribution in [0, 0.1) is 0 Å². The van der Waals surface area contributed by atoms with E-state index in [1.807, 2.05) is 11.4 Å². The molecular formula is C9H14BrN3OS. The summed E-state index contributed by atoms with van der Waals surface area (Å²) in [6, 6.07) is 2.04. The largest absolute Gasteiger partial charge is 0.383 e. The second-order valence-corrected chi connectivity index (χ2v) is 4.76. The van der Waals surface area contributed by atoms with Crippen molar-refractivity contribution in [3.05, 3.63) is 20.8 Å². The van der Waals surface area contributed by atoms with Crippen molar-refractivity contribution in [3.63, 3.8) is 0 Å². The Kier molecular flexibility index (Phi) is 5.67. The lowest BCUT2D eigenvalue weighted by atomic mass is 10.5. The molecule has 1 rings (SSSR count). The summed E-state index contributed by atoms with van der Waals surface area (Å²) in [5.74, 6) is 0.455. The van der Waals surface area contributed by atoms with Crippen molar-refractivity contribution in [2.24, 2.45) is 10.7 Å². The van der Waals surface area contributed by atoms with Crippen LogP contribution in [-0.4, -0.2) is 26.2 Å². The Morgan fingerprint density at radius 2 is 2.53 bits per heavy atom. The van der Waals surface area contributed by atoms with Crippen LogP contribution in [0.25, 0.3) is 0 Å². The van der Waals surface area contributed by atoms with Crippen LogP contribution >= 0.6 is 27.3 Å². The number of ether oxygens (including phenoxy) is 1. The Morgan fingerprint density at radius 1 is 1.73 bits per heavy atom. The summed E-state index contributed by atoms with van der Waals surface area (Å²) in [5, 5.41) is 4.98. The Labute approximate surface area is 102 Å². The van der Waals surface area contributed by atoms with Crippen molar-refractivity contribution in [3.8, 4) is 0 Å². The van der Waals surface area contributed by atoms with E-state index in [1.165, 1.54) is 4.88 Å². The van der Waals surface area contributed by atoms with E-state index in [1.54, 1.807) is 18.4 Å². The molecule has 4 nitrogen and oxygen atoms in total. The van der Waals surface area contributed by atoms with Crippen molar-refractivity contribution in [2.45, 2.75) is 6.54 Å². The molecule has 3 N–H and O–H groups in total. The van der Waals surface area contributed by atoms with Gasteiger partial charge in [-0.2, -0.15) is 0 Å². The Morgan fingerprint density at radius 3 is 3.13 bits per heavy atom. The zero-order valence-corrected chi connectivity index (χ0v) is 10.9. The maximum Gasteiger partial charge on any atom is 0.189 e. The normalized spacial score (nSPS) is 11.7. The number of nitrogens with two attached hydrogens (primary N) is 1. The Balaban J connectivity index is 2.30. The molecule has 1 heterocycles. The molecule has 0 fully saturated rings. The predicted molar refractivity (Wildman–Crippen MR) is 67.2 cm³/mol. The van der Waals surface area contributed by atoms with Gasteiger partial charge in [-0.15, -0.1) is 11.3 Å². The molecule has 6 heteroatoms. The monoisotopic (exact) mass is 291 g/mol. The van der Waals surface area contributed by atoms with E-state index < -0.39 is 0 Å². The van der Waals surface area contributed by atoms with E-state index >= 15 is 0 Å². The lowest BCUT2D eigenvalue weighted by Crippen LogP contribution is -2.34. The lowest BCUT2D eigenvalue weighted by Gasteiger charge is -2.03. The molecule has 0 aliphatic heterocycles.